The number of nitrogens with two attached hydrogens (primary N) is 1. The van der Waals surface area contributed by atoms with Gasteiger partial charge in [-0.15, -0.1) is 0 Å². The van der Waals surface area contributed by atoms with Crippen LogP contribution >= 0.6 is 0 Å². The quantitative estimate of drug-likeness (QED) is 0.779. The van der Waals surface area contributed by atoms with Gasteiger partial charge < -0.3 is 10.6 Å². The first-order chi connectivity index (χ1) is 9.01. The Morgan fingerprint density at radius 1 is 1.05 bits per heavy atom. The van der Waals surface area contributed by atoms with Crippen LogP contribution in [-0.4, -0.2) is 25.0 Å². The maximum absolute atomic E-state index is 5.60. The van der Waals surface area contributed by atoms with Gasteiger partial charge in [-0.05, 0) is 49.4 Å². The molecule has 1 atom stereocenters. The Morgan fingerprint density at radius 3 is 2.16 bits per heavy atom. The van der Waals surface area contributed by atoms with Crippen LogP contribution < -0.4 is 5.73 Å². The highest BCUT2D eigenvalue weighted by Crippen LogP contribution is 2.12. The van der Waals surface area contributed by atoms with Crippen LogP contribution in [0.15, 0.2) is 24.3 Å². The highest BCUT2D eigenvalue weighted by molar-refractivity contribution is 5.22. The zero-order chi connectivity index (χ0) is 14.3. The minimum atomic E-state index is 0.676. The molecule has 0 amide bonds. The van der Waals surface area contributed by atoms with Crippen molar-refractivity contribution in [3.05, 3.63) is 35.4 Å². The summed E-state index contributed by atoms with van der Waals surface area (Å²) in [7, 11) is 2.19. The van der Waals surface area contributed by atoms with Crippen LogP contribution in [0.4, 0.5) is 0 Å². The van der Waals surface area contributed by atoms with Crippen molar-refractivity contribution in [1.29, 1.82) is 0 Å². The molecule has 0 bridgehead atoms. The third kappa shape index (κ3) is 6.74. The summed E-state index contributed by atoms with van der Waals surface area (Å²) in [5.74, 6) is 1.40. The molecule has 2 N–H and O–H groups in total. The molecule has 0 aliphatic carbocycles. The topological polar surface area (TPSA) is 29.3 Å². The minimum Gasteiger partial charge on any atom is -0.330 e. The zero-order valence-electron chi connectivity index (χ0n) is 13.0. The second-order valence-corrected chi connectivity index (χ2v) is 6.29. The first-order valence-electron chi connectivity index (χ1n) is 7.47. The van der Waals surface area contributed by atoms with Gasteiger partial charge in [-0.3, -0.25) is 0 Å². The maximum Gasteiger partial charge on any atom is 0.0230 e. The summed E-state index contributed by atoms with van der Waals surface area (Å²) in [6, 6.07) is 9.07. The molecular formula is C17H30N2. The van der Waals surface area contributed by atoms with Gasteiger partial charge in [0.25, 0.3) is 0 Å². The number of hydrogen-bond acceptors (Lipinski definition) is 2. The Kier molecular flexibility index (Phi) is 7.11. The normalized spacial score (nSPS) is 13.2. The van der Waals surface area contributed by atoms with Crippen molar-refractivity contribution in [3.63, 3.8) is 0 Å². The summed E-state index contributed by atoms with van der Waals surface area (Å²) in [4.78, 5) is 2.39. The second kappa shape index (κ2) is 8.34. The summed E-state index contributed by atoms with van der Waals surface area (Å²) >= 11 is 0. The van der Waals surface area contributed by atoms with E-state index in [1.54, 1.807) is 0 Å². The van der Waals surface area contributed by atoms with Crippen molar-refractivity contribution < 1.29 is 0 Å². The van der Waals surface area contributed by atoms with Gasteiger partial charge in [-0.25, -0.2) is 0 Å². The minimum absolute atomic E-state index is 0.676. The van der Waals surface area contributed by atoms with Crippen molar-refractivity contribution in [3.8, 4) is 0 Å². The predicted molar refractivity (Wildman–Crippen MR) is 84.2 cm³/mol. The molecule has 2 heteroatoms. The smallest absolute Gasteiger partial charge is 0.0230 e. The summed E-state index contributed by atoms with van der Waals surface area (Å²) in [5, 5.41) is 0. The average molecular weight is 262 g/mol. The van der Waals surface area contributed by atoms with Crippen LogP contribution in [0.2, 0.25) is 0 Å². The summed E-state index contributed by atoms with van der Waals surface area (Å²) < 4.78 is 0. The highest BCUT2D eigenvalue weighted by Gasteiger charge is 2.06. The van der Waals surface area contributed by atoms with Crippen molar-refractivity contribution in [2.75, 3.05) is 20.1 Å². The Bertz CT molecular complexity index is 343. The van der Waals surface area contributed by atoms with E-state index in [0.29, 0.717) is 5.92 Å². The van der Waals surface area contributed by atoms with Crippen LogP contribution in [0.25, 0.3) is 0 Å². The number of nitrogens with zero attached hydrogens (tertiary/aromatic N) is 1. The molecule has 0 aromatic heterocycles. The molecule has 0 aliphatic rings. The van der Waals surface area contributed by atoms with E-state index in [1.807, 2.05) is 0 Å². The summed E-state index contributed by atoms with van der Waals surface area (Å²) in [6.45, 7) is 9.73. The van der Waals surface area contributed by atoms with Gasteiger partial charge in [0.15, 0.2) is 0 Å². The van der Waals surface area contributed by atoms with Gasteiger partial charge >= 0.3 is 0 Å². The van der Waals surface area contributed by atoms with Crippen LogP contribution in [0, 0.1) is 11.8 Å². The fraction of sp³-hybridized carbons (Fsp3) is 0.647. The lowest BCUT2D eigenvalue weighted by Gasteiger charge is -2.21. The standard InChI is InChI=1S/C17H30N2/c1-14(2)11-16-5-7-17(8-6-16)13-19(4)12-15(3)9-10-18/h5-8,14-15H,9-13,18H2,1-4H3. The molecule has 0 spiro atoms. The Hall–Kier alpha value is -0.860. The van der Waals surface area contributed by atoms with Crippen molar-refractivity contribution >= 4 is 0 Å². The Labute approximate surface area is 119 Å². The maximum atomic E-state index is 5.60. The van der Waals surface area contributed by atoms with Crippen LogP contribution in [0.5, 0.6) is 0 Å². The number of hydrogen-bond donors (Lipinski definition) is 1. The van der Waals surface area contributed by atoms with Gasteiger partial charge in [0, 0.05) is 13.1 Å². The van der Waals surface area contributed by atoms with Crippen molar-refractivity contribution in [2.24, 2.45) is 17.6 Å². The lowest BCUT2D eigenvalue weighted by atomic mass is 10.0. The molecule has 0 heterocycles. The van der Waals surface area contributed by atoms with E-state index in [9.17, 15) is 0 Å². The average Bonchev–Trinajstić information content (AvgIpc) is 2.31. The van der Waals surface area contributed by atoms with Crippen LogP contribution in [0.3, 0.4) is 0 Å². The van der Waals surface area contributed by atoms with E-state index in [4.69, 9.17) is 5.73 Å². The van der Waals surface area contributed by atoms with Crippen LogP contribution in [0.1, 0.15) is 38.3 Å². The Balaban J connectivity index is 2.44. The van der Waals surface area contributed by atoms with E-state index < -0.39 is 0 Å². The lowest BCUT2D eigenvalue weighted by molar-refractivity contribution is 0.273. The van der Waals surface area contributed by atoms with Gasteiger partial charge in [-0.1, -0.05) is 45.0 Å². The molecule has 0 aliphatic heterocycles. The summed E-state index contributed by atoms with van der Waals surface area (Å²) in [6.07, 6.45) is 2.28. The SMILES string of the molecule is CC(C)Cc1ccc(CN(C)CC(C)CCN)cc1. The molecule has 0 fully saturated rings. The molecule has 0 saturated heterocycles. The van der Waals surface area contributed by atoms with E-state index in [0.717, 1.165) is 32.0 Å². The summed E-state index contributed by atoms with van der Waals surface area (Å²) in [5.41, 5.74) is 8.44. The second-order valence-electron chi connectivity index (χ2n) is 6.29. The molecule has 2 nitrogen and oxygen atoms in total. The fourth-order valence-corrected chi connectivity index (χ4v) is 2.54. The predicted octanol–water partition coefficient (Wildman–Crippen LogP) is 3.30. The van der Waals surface area contributed by atoms with Gasteiger partial charge in [0.2, 0.25) is 0 Å². The molecule has 1 rings (SSSR count). The highest BCUT2D eigenvalue weighted by atomic mass is 15.1. The number of benzene rings is 1. The van der Waals surface area contributed by atoms with Crippen LogP contribution in [-0.2, 0) is 13.0 Å². The van der Waals surface area contributed by atoms with Gasteiger partial charge in [0.05, 0.1) is 0 Å². The first-order valence-corrected chi connectivity index (χ1v) is 7.47. The molecule has 1 aromatic rings. The molecule has 0 saturated carbocycles. The molecule has 108 valence electrons. The zero-order valence-corrected chi connectivity index (χ0v) is 13.0. The van der Waals surface area contributed by atoms with E-state index in [1.165, 1.54) is 17.5 Å². The van der Waals surface area contributed by atoms with Crippen molar-refractivity contribution in [2.45, 2.75) is 40.2 Å². The fourth-order valence-electron chi connectivity index (χ4n) is 2.54. The molecule has 19 heavy (non-hydrogen) atoms. The van der Waals surface area contributed by atoms with Gasteiger partial charge in [0.1, 0.15) is 0 Å². The van der Waals surface area contributed by atoms with E-state index >= 15 is 0 Å². The first kappa shape index (κ1) is 16.2. The monoisotopic (exact) mass is 262 g/mol. The molecular weight excluding hydrogens is 232 g/mol. The molecule has 1 aromatic carbocycles. The lowest BCUT2D eigenvalue weighted by Crippen LogP contribution is -2.25. The van der Waals surface area contributed by atoms with Gasteiger partial charge in [-0.2, -0.15) is 0 Å². The van der Waals surface area contributed by atoms with E-state index in [-0.39, 0.29) is 0 Å². The third-order valence-corrected chi connectivity index (χ3v) is 3.40. The third-order valence-electron chi connectivity index (χ3n) is 3.40. The Morgan fingerprint density at radius 2 is 1.63 bits per heavy atom. The molecule has 1 unspecified atom stereocenters. The van der Waals surface area contributed by atoms with E-state index in [2.05, 4.69) is 57.0 Å². The molecule has 0 radical (unpaired) electrons. The van der Waals surface area contributed by atoms with Crippen molar-refractivity contribution in [1.82, 2.24) is 4.90 Å². The number of rotatable bonds is 8. The largest absolute Gasteiger partial charge is 0.330 e.